The molecule has 0 atom stereocenters. The van der Waals surface area contributed by atoms with E-state index in [4.69, 9.17) is 14.5 Å². The summed E-state index contributed by atoms with van der Waals surface area (Å²) in [6.07, 6.45) is 4.43. The van der Waals surface area contributed by atoms with E-state index in [-0.39, 0.29) is 11.9 Å². The van der Waals surface area contributed by atoms with Crippen LogP contribution in [0.5, 0.6) is 11.5 Å². The molecule has 0 N–H and O–H groups in total. The summed E-state index contributed by atoms with van der Waals surface area (Å²) in [5.41, 5.74) is 5.47. The number of ether oxygens (including phenoxy) is 2. The SMILES string of the molecule is COc1ccc2c(c1)CCC2=CCc1c(C(=O)N(C)C)cc2c(nc(C)n2C)c1OC(=O)C(C)(C)C. The molecule has 7 nitrogen and oxygen atoms in total. The maximum atomic E-state index is 13.3. The van der Waals surface area contributed by atoms with E-state index in [1.807, 2.05) is 51.4 Å². The molecular formula is C29H35N3O4. The third kappa shape index (κ3) is 4.62. The zero-order chi connectivity index (χ0) is 26.4. The van der Waals surface area contributed by atoms with Gasteiger partial charge in [0, 0.05) is 32.3 Å². The zero-order valence-electron chi connectivity index (χ0n) is 22.5. The molecule has 190 valence electrons. The molecule has 1 heterocycles. The summed E-state index contributed by atoms with van der Waals surface area (Å²) in [7, 11) is 7.03. The van der Waals surface area contributed by atoms with E-state index < -0.39 is 5.41 Å². The average molecular weight is 490 g/mol. The van der Waals surface area contributed by atoms with E-state index in [0.717, 1.165) is 29.9 Å². The number of aryl methyl sites for hydroxylation is 3. The van der Waals surface area contributed by atoms with Crippen LogP contribution in [0.4, 0.5) is 0 Å². The molecule has 0 saturated carbocycles. The van der Waals surface area contributed by atoms with Gasteiger partial charge in [-0.25, -0.2) is 4.98 Å². The van der Waals surface area contributed by atoms with Crippen molar-refractivity contribution in [2.45, 2.75) is 47.0 Å². The van der Waals surface area contributed by atoms with Crippen molar-refractivity contribution in [3.05, 3.63) is 58.4 Å². The van der Waals surface area contributed by atoms with Crippen LogP contribution in [0.15, 0.2) is 30.3 Å². The lowest BCUT2D eigenvalue weighted by Crippen LogP contribution is -2.27. The third-order valence-corrected chi connectivity index (χ3v) is 6.78. The van der Waals surface area contributed by atoms with Crippen LogP contribution in [0.2, 0.25) is 0 Å². The topological polar surface area (TPSA) is 73.7 Å². The Labute approximate surface area is 212 Å². The molecule has 2 aromatic carbocycles. The number of carbonyl (C=O) groups excluding carboxylic acids is 2. The summed E-state index contributed by atoms with van der Waals surface area (Å²) in [5, 5.41) is 0. The summed E-state index contributed by atoms with van der Waals surface area (Å²) in [6.45, 7) is 7.34. The standard InChI is InChI=1S/C29H35N3O4/c1-17-30-25-24(32(17)7)16-23(27(33)31(5)6)22(26(25)36-28(34)29(2,3)4)13-11-18-9-10-19-15-20(35-8)12-14-21(18)19/h11-12,14-16H,9-10,13H2,1-8H3. The van der Waals surface area contributed by atoms with Gasteiger partial charge in [-0.3, -0.25) is 9.59 Å². The van der Waals surface area contributed by atoms with Crippen molar-refractivity contribution in [2.24, 2.45) is 12.5 Å². The minimum atomic E-state index is -0.711. The second-order valence-electron chi connectivity index (χ2n) is 10.6. The maximum Gasteiger partial charge on any atom is 0.316 e. The van der Waals surface area contributed by atoms with E-state index in [9.17, 15) is 9.59 Å². The molecule has 7 heteroatoms. The molecule has 36 heavy (non-hydrogen) atoms. The summed E-state index contributed by atoms with van der Waals surface area (Å²) in [5.74, 6) is 1.48. The lowest BCUT2D eigenvalue weighted by Gasteiger charge is -2.21. The molecule has 0 fully saturated rings. The van der Waals surface area contributed by atoms with Gasteiger partial charge in [-0.1, -0.05) is 12.1 Å². The number of imidazole rings is 1. The second kappa shape index (κ2) is 9.45. The van der Waals surface area contributed by atoms with Crippen LogP contribution in [-0.4, -0.2) is 47.5 Å². The Bertz CT molecular complexity index is 1390. The molecule has 0 radical (unpaired) electrons. The van der Waals surface area contributed by atoms with Gasteiger partial charge >= 0.3 is 5.97 Å². The quantitative estimate of drug-likeness (QED) is 0.368. The van der Waals surface area contributed by atoms with Crippen molar-refractivity contribution in [1.82, 2.24) is 14.5 Å². The molecular weight excluding hydrogens is 454 g/mol. The fourth-order valence-electron chi connectivity index (χ4n) is 4.50. The van der Waals surface area contributed by atoms with Gasteiger partial charge in [0.2, 0.25) is 0 Å². The number of benzene rings is 2. The first kappa shape index (κ1) is 25.5. The van der Waals surface area contributed by atoms with E-state index in [2.05, 4.69) is 18.2 Å². The Morgan fingerprint density at radius 3 is 2.53 bits per heavy atom. The number of amides is 1. The molecule has 1 aromatic heterocycles. The molecule has 0 unspecified atom stereocenters. The van der Waals surface area contributed by atoms with Crippen LogP contribution < -0.4 is 9.47 Å². The van der Waals surface area contributed by atoms with Crippen molar-refractivity contribution < 1.29 is 19.1 Å². The van der Waals surface area contributed by atoms with Gasteiger partial charge in [0.25, 0.3) is 5.91 Å². The molecule has 0 aliphatic heterocycles. The number of carbonyl (C=O) groups is 2. The number of aromatic nitrogens is 2. The average Bonchev–Trinajstić information content (AvgIpc) is 3.36. The van der Waals surface area contributed by atoms with Gasteiger partial charge in [-0.2, -0.15) is 0 Å². The first-order valence-electron chi connectivity index (χ1n) is 12.2. The third-order valence-electron chi connectivity index (χ3n) is 6.78. The lowest BCUT2D eigenvalue weighted by atomic mass is 9.96. The van der Waals surface area contributed by atoms with Gasteiger partial charge in [-0.15, -0.1) is 0 Å². The van der Waals surface area contributed by atoms with Crippen LogP contribution in [0.25, 0.3) is 16.6 Å². The molecule has 0 saturated heterocycles. The molecule has 3 aromatic rings. The lowest BCUT2D eigenvalue weighted by molar-refractivity contribution is -0.142. The second-order valence-corrected chi connectivity index (χ2v) is 10.6. The van der Waals surface area contributed by atoms with Crippen molar-refractivity contribution in [2.75, 3.05) is 21.2 Å². The largest absolute Gasteiger partial charge is 0.497 e. The van der Waals surface area contributed by atoms with Crippen molar-refractivity contribution in [1.29, 1.82) is 0 Å². The predicted octanol–water partition coefficient (Wildman–Crippen LogP) is 5.12. The first-order valence-corrected chi connectivity index (χ1v) is 12.2. The monoisotopic (exact) mass is 489 g/mol. The van der Waals surface area contributed by atoms with Crippen LogP contribution in [0, 0.1) is 12.3 Å². The molecule has 0 spiro atoms. The predicted molar refractivity (Wildman–Crippen MR) is 142 cm³/mol. The van der Waals surface area contributed by atoms with Crippen molar-refractivity contribution >= 4 is 28.5 Å². The van der Waals surface area contributed by atoms with Crippen LogP contribution in [0.3, 0.4) is 0 Å². The number of hydrogen-bond acceptors (Lipinski definition) is 5. The molecule has 4 rings (SSSR count). The number of esters is 1. The van der Waals surface area contributed by atoms with E-state index in [0.29, 0.717) is 28.8 Å². The minimum absolute atomic E-state index is 0.145. The molecule has 1 aliphatic carbocycles. The van der Waals surface area contributed by atoms with Crippen molar-refractivity contribution in [3.8, 4) is 11.5 Å². The minimum Gasteiger partial charge on any atom is -0.497 e. The summed E-state index contributed by atoms with van der Waals surface area (Å²) < 4.78 is 13.3. The Morgan fingerprint density at radius 2 is 1.89 bits per heavy atom. The molecule has 1 amide bonds. The van der Waals surface area contributed by atoms with E-state index in [1.54, 1.807) is 26.1 Å². The van der Waals surface area contributed by atoms with Gasteiger partial charge in [0.1, 0.15) is 17.1 Å². The Balaban J connectivity index is 1.89. The Morgan fingerprint density at radius 1 is 1.17 bits per heavy atom. The number of rotatable bonds is 5. The van der Waals surface area contributed by atoms with Gasteiger partial charge < -0.3 is 18.9 Å². The smallest absolute Gasteiger partial charge is 0.316 e. The van der Waals surface area contributed by atoms with Crippen LogP contribution >= 0.6 is 0 Å². The highest BCUT2D eigenvalue weighted by Crippen LogP contribution is 2.38. The Kier molecular flexibility index (Phi) is 6.69. The van der Waals surface area contributed by atoms with Gasteiger partial charge in [0.15, 0.2) is 5.75 Å². The van der Waals surface area contributed by atoms with Crippen LogP contribution in [-0.2, 0) is 24.7 Å². The number of fused-ring (bicyclic) bond motifs is 2. The summed E-state index contributed by atoms with van der Waals surface area (Å²) in [4.78, 5) is 32.7. The first-order chi connectivity index (χ1) is 16.9. The zero-order valence-corrected chi connectivity index (χ0v) is 22.5. The Hall–Kier alpha value is -3.61. The number of nitrogens with zero attached hydrogens (tertiary/aromatic N) is 3. The highest BCUT2D eigenvalue weighted by atomic mass is 16.5. The number of methoxy groups -OCH3 is 1. The van der Waals surface area contributed by atoms with Crippen LogP contribution in [0.1, 0.15) is 60.1 Å². The fourth-order valence-corrected chi connectivity index (χ4v) is 4.50. The molecule has 1 aliphatic rings. The number of allylic oxidation sites excluding steroid dienone is 2. The molecule has 0 bridgehead atoms. The fraction of sp³-hybridized carbons (Fsp3) is 0.414. The summed E-state index contributed by atoms with van der Waals surface area (Å²) in [6, 6.07) is 8.01. The van der Waals surface area contributed by atoms with Gasteiger partial charge in [0.05, 0.1) is 18.0 Å². The normalized spacial score (nSPS) is 14.3. The number of hydrogen-bond donors (Lipinski definition) is 0. The maximum absolute atomic E-state index is 13.3. The van der Waals surface area contributed by atoms with Crippen molar-refractivity contribution in [3.63, 3.8) is 0 Å². The van der Waals surface area contributed by atoms with E-state index in [1.165, 1.54) is 16.7 Å². The highest BCUT2D eigenvalue weighted by Gasteiger charge is 2.29. The van der Waals surface area contributed by atoms with Gasteiger partial charge in [-0.05, 0) is 81.9 Å². The highest BCUT2D eigenvalue weighted by molar-refractivity contribution is 6.02. The summed E-state index contributed by atoms with van der Waals surface area (Å²) >= 11 is 0. The van der Waals surface area contributed by atoms with E-state index >= 15 is 0 Å².